The van der Waals surface area contributed by atoms with Gasteiger partial charge in [0.1, 0.15) is 12.7 Å². The lowest BCUT2D eigenvalue weighted by Gasteiger charge is -2.26. The summed E-state index contributed by atoms with van der Waals surface area (Å²) in [5.41, 5.74) is 2.46. The van der Waals surface area contributed by atoms with E-state index in [1.54, 1.807) is 12.7 Å². The Hall–Kier alpha value is -1.72. The first kappa shape index (κ1) is 14.2. The first-order chi connectivity index (χ1) is 10.1. The average Bonchev–Trinajstić information content (AvgIpc) is 3.08. The van der Waals surface area contributed by atoms with Crippen molar-refractivity contribution in [2.45, 2.75) is 45.0 Å². The van der Waals surface area contributed by atoms with Gasteiger partial charge in [0.05, 0.1) is 12.1 Å². The molecule has 1 saturated heterocycles. The van der Waals surface area contributed by atoms with Crippen molar-refractivity contribution in [3.8, 4) is 0 Å². The second-order valence-electron chi connectivity index (χ2n) is 6.08. The van der Waals surface area contributed by atoms with E-state index in [-0.39, 0.29) is 5.60 Å². The SMILES string of the molecule is CC1(C)OCCC1NCc1ccc(Cn2cncn2)cc1. The highest BCUT2D eigenvalue weighted by Crippen LogP contribution is 2.25. The molecule has 0 radical (unpaired) electrons. The van der Waals surface area contributed by atoms with Crippen LogP contribution in [0.4, 0.5) is 0 Å². The summed E-state index contributed by atoms with van der Waals surface area (Å²) >= 11 is 0. The van der Waals surface area contributed by atoms with E-state index in [0.29, 0.717) is 6.04 Å². The van der Waals surface area contributed by atoms with Crippen molar-refractivity contribution in [3.05, 3.63) is 48.0 Å². The van der Waals surface area contributed by atoms with Crippen LogP contribution in [0.3, 0.4) is 0 Å². The maximum atomic E-state index is 5.74. The fraction of sp³-hybridized carbons (Fsp3) is 0.500. The average molecular weight is 286 g/mol. The van der Waals surface area contributed by atoms with Gasteiger partial charge in [0.25, 0.3) is 0 Å². The lowest BCUT2D eigenvalue weighted by molar-refractivity contribution is 0.0214. The molecule has 1 fully saturated rings. The molecule has 0 saturated carbocycles. The monoisotopic (exact) mass is 286 g/mol. The molecule has 2 heterocycles. The predicted octanol–water partition coefficient (Wildman–Crippen LogP) is 1.98. The number of nitrogens with one attached hydrogen (secondary N) is 1. The van der Waals surface area contributed by atoms with E-state index < -0.39 is 0 Å². The molecule has 1 aromatic carbocycles. The number of hydrogen-bond acceptors (Lipinski definition) is 4. The zero-order valence-electron chi connectivity index (χ0n) is 12.6. The third kappa shape index (κ3) is 3.49. The molecule has 0 spiro atoms. The normalized spacial score (nSPS) is 20.8. The molecular formula is C16H22N4O. The molecule has 1 aromatic heterocycles. The van der Waals surface area contributed by atoms with Gasteiger partial charge in [0, 0.05) is 19.2 Å². The van der Waals surface area contributed by atoms with Crippen LogP contribution in [0.1, 0.15) is 31.4 Å². The van der Waals surface area contributed by atoms with Crippen molar-refractivity contribution in [1.29, 1.82) is 0 Å². The van der Waals surface area contributed by atoms with E-state index >= 15 is 0 Å². The van der Waals surface area contributed by atoms with Gasteiger partial charge < -0.3 is 10.1 Å². The minimum absolute atomic E-state index is 0.0625. The van der Waals surface area contributed by atoms with Crippen LogP contribution in [0.2, 0.25) is 0 Å². The first-order valence-corrected chi connectivity index (χ1v) is 7.41. The summed E-state index contributed by atoms with van der Waals surface area (Å²) in [6, 6.07) is 9.06. The number of hydrogen-bond donors (Lipinski definition) is 1. The van der Waals surface area contributed by atoms with Crippen LogP contribution < -0.4 is 5.32 Å². The largest absolute Gasteiger partial charge is 0.374 e. The van der Waals surface area contributed by atoms with Crippen LogP contribution in [0, 0.1) is 0 Å². The Bertz CT molecular complexity index is 562. The van der Waals surface area contributed by atoms with E-state index in [1.165, 1.54) is 11.1 Å². The summed E-state index contributed by atoms with van der Waals surface area (Å²) in [4.78, 5) is 3.95. The van der Waals surface area contributed by atoms with E-state index in [2.05, 4.69) is 53.5 Å². The minimum Gasteiger partial charge on any atom is -0.374 e. The molecule has 0 bridgehead atoms. The molecule has 0 amide bonds. The summed E-state index contributed by atoms with van der Waals surface area (Å²) < 4.78 is 7.57. The van der Waals surface area contributed by atoms with Gasteiger partial charge in [-0.2, -0.15) is 5.10 Å². The molecule has 1 N–H and O–H groups in total. The van der Waals surface area contributed by atoms with Crippen LogP contribution >= 0.6 is 0 Å². The molecule has 1 aliphatic heterocycles. The molecule has 112 valence electrons. The van der Waals surface area contributed by atoms with Crippen molar-refractivity contribution in [2.24, 2.45) is 0 Å². The second-order valence-corrected chi connectivity index (χ2v) is 6.08. The Balaban J connectivity index is 1.55. The van der Waals surface area contributed by atoms with E-state index in [4.69, 9.17) is 4.74 Å². The molecule has 5 nitrogen and oxygen atoms in total. The van der Waals surface area contributed by atoms with Crippen molar-refractivity contribution in [2.75, 3.05) is 6.61 Å². The predicted molar refractivity (Wildman–Crippen MR) is 80.8 cm³/mol. The van der Waals surface area contributed by atoms with Crippen molar-refractivity contribution in [1.82, 2.24) is 20.1 Å². The molecule has 3 rings (SSSR count). The number of rotatable bonds is 5. The van der Waals surface area contributed by atoms with Gasteiger partial charge in [-0.25, -0.2) is 9.67 Å². The Labute approximate surface area is 125 Å². The Morgan fingerprint density at radius 2 is 2.05 bits per heavy atom. The van der Waals surface area contributed by atoms with Crippen LogP contribution in [0.25, 0.3) is 0 Å². The van der Waals surface area contributed by atoms with Crippen LogP contribution in [-0.2, 0) is 17.8 Å². The Kier molecular flexibility index (Phi) is 4.03. The fourth-order valence-electron chi connectivity index (χ4n) is 2.74. The molecular weight excluding hydrogens is 264 g/mol. The van der Waals surface area contributed by atoms with Gasteiger partial charge in [-0.1, -0.05) is 24.3 Å². The molecule has 1 unspecified atom stereocenters. The van der Waals surface area contributed by atoms with Gasteiger partial charge in [-0.05, 0) is 31.4 Å². The van der Waals surface area contributed by atoms with Gasteiger partial charge in [0.15, 0.2) is 0 Å². The van der Waals surface area contributed by atoms with Crippen LogP contribution in [-0.4, -0.2) is 33.0 Å². The van der Waals surface area contributed by atoms with E-state index in [1.807, 2.05) is 4.68 Å². The summed E-state index contributed by atoms with van der Waals surface area (Å²) in [6.45, 7) is 6.79. The molecule has 5 heteroatoms. The molecule has 0 aliphatic carbocycles. The van der Waals surface area contributed by atoms with Gasteiger partial charge in [-0.3, -0.25) is 0 Å². The quantitative estimate of drug-likeness (QED) is 0.913. The zero-order valence-corrected chi connectivity index (χ0v) is 12.6. The number of ether oxygens (including phenoxy) is 1. The molecule has 1 atom stereocenters. The summed E-state index contributed by atoms with van der Waals surface area (Å²) in [6.07, 6.45) is 4.37. The third-order valence-corrected chi connectivity index (χ3v) is 4.11. The maximum Gasteiger partial charge on any atom is 0.137 e. The topological polar surface area (TPSA) is 52.0 Å². The Morgan fingerprint density at radius 1 is 1.29 bits per heavy atom. The minimum atomic E-state index is -0.0625. The van der Waals surface area contributed by atoms with Crippen molar-refractivity contribution >= 4 is 0 Å². The zero-order chi connectivity index (χ0) is 14.7. The van der Waals surface area contributed by atoms with Gasteiger partial charge in [0.2, 0.25) is 0 Å². The number of aromatic nitrogens is 3. The smallest absolute Gasteiger partial charge is 0.137 e. The fourth-order valence-corrected chi connectivity index (χ4v) is 2.74. The molecule has 2 aromatic rings. The van der Waals surface area contributed by atoms with Crippen molar-refractivity contribution < 1.29 is 4.74 Å². The standard InChI is InChI=1S/C16H22N4O/c1-16(2)15(7-8-21-16)18-9-13-3-5-14(6-4-13)10-20-12-17-11-19-20/h3-6,11-12,15,18H,7-10H2,1-2H3. The van der Waals surface area contributed by atoms with E-state index in [0.717, 1.165) is 26.1 Å². The highest BCUT2D eigenvalue weighted by Gasteiger charge is 2.35. The van der Waals surface area contributed by atoms with Crippen LogP contribution in [0.5, 0.6) is 0 Å². The maximum absolute atomic E-state index is 5.74. The molecule has 21 heavy (non-hydrogen) atoms. The van der Waals surface area contributed by atoms with Gasteiger partial charge in [-0.15, -0.1) is 0 Å². The first-order valence-electron chi connectivity index (χ1n) is 7.41. The number of nitrogens with zero attached hydrogens (tertiary/aromatic N) is 3. The lowest BCUT2D eigenvalue weighted by atomic mass is 9.99. The van der Waals surface area contributed by atoms with Crippen LogP contribution in [0.15, 0.2) is 36.9 Å². The third-order valence-electron chi connectivity index (χ3n) is 4.11. The Morgan fingerprint density at radius 3 is 2.67 bits per heavy atom. The summed E-state index contributed by atoms with van der Waals surface area (Å²) in [5.74, 6) is 0. The summed E-state index contributed by atoms with van der Waals surface area (Å²) in [5, 5.41) is 7.72. The highest BCUT2D eigenvalue weighted by atomic mass is 16.5. The lowest BCUT2D eigenvalue weighted by Crippen LogP contribution is -2.42. The second kappa shape index (κ2) is 5.95. The number of benzene rings is 1. The van der Waals surface area contributed by atoms with E-state index in [9.17, 15) is 0 Å². The van der Waals surface area contributed by atoms with Crippen molar-refractivity contribution in [3.63, 3.8) is 0 Å². The molecule has 1 aliphatic rings. The highest BCUT2D eigenvalue weighted by molar-refractivity contribution is 5.22. The van der Waals surface area contributed by atoms with Gasteiger partial charge >= 0.3 is 0 Å². The summed E-state index contributed by atoms with van der Waals surface area (Å²) in [7, 11) is 0.